The van der Waals surface area contributed by atoms with Gasteiger partial charge in [-0.1, -0.05) is 33.1 Å². The van der Waals surface area contributed by atoms with Crippen molar-refractivity contribution in [2.45, 2.75) is 39.5 Å². The van der Waals surface area contributed by atoms with Gasteiger partial charge in [0.05, 0.1) is 6.61 Å². The quantitative estimate of drug-likeness (QED) is 0.445. The van der Waals surface area contributed by atoms with Crippen molar-refractivity contribution in [2.24, 2.45) is 5.92 Å². The summed E-state index contributed by atoms with van der Waals surface area (Å²) in [6.45, 7) is 6.18. The summed E-state index contributed by atoms with van der Waals surface area (Å²) in [5.41, 5.74) is 0. The standard InChI is InChI=1S/C10H23NO3S/c1-3-5-6-10(4-2)9-11-7-8-14-15(12)13/h10-11,15H,3-9H2,1-2H3. The lowest BCUT2D eigenvalue weighted by Gasteiger charge is -2.14. The Balaban J connectivity index is 3.37. The third-order valence-electron chi connectivity index (χ3n) is 2.45. The molecule has 4 nitrogen and oxygen atoms in total. The van der Waals surface area contributed by atoms with Gasteiger partial charge in [0.1, 0.15) is 0 Å². The summed E-state index contributed by atoms with van der Waals surface area (Å²) < 4.78 is 24.6. The van der Waals surface area contributed by atoms with Crippen LogP contribution in [0.3, 0.4) is 0 Å². The lowest BCUT2D eigenvalue weighted by Crippen LogP contribution is -2.26. The first-order valence-electron chi connectivity index (χ1n) is 5.68. The summed E-state index contributed by atoms with van der Waals surface area (Å²) in [5, 5.41) is 3.21. The van der Waals surface area contributed by atoms with E-state index in [1.807, 2.05) is 0 Å². The van der Waals surface area contributed by atoms with Crippen LogP contribution in [-0.4, -0.2) is 28.1 Å². The van der Waals surface area contributed by atoms with Gasteiger partial charge in [-0.15, -0.1) is 0 Å². The van der Waals surface area contributed by atoms with Gasteiger partial charge < -0.3 is 5.32 Å². The second-order valence-electron chi connectivity index (χ2n) is 3.68. The predicted octanol–water partition coefficient (Wildman–Crippen LogP) is 1.34. The van der Waals surface area contributed by atoms with E-state index in [2.05, 4.69) is 23.3 Å². The number of hydrogen-bond donors (Lipinski definition) is 2. The molecule has 0 radical (unpaired) electrons. The molecule has 0 spiro atoms. The molecule has 0 aliphatic carbocycles. The summed E-state index contributed by atoms with van der Waals surface area (Å²) >= 11 is 0. The fraction of sp³-hybridized carbons (Fsp3) is 1.00. The van der Waals surface area contributed by atoms with Crippen molar-refractivity contribution in [3.05, 3.63) is 0 Å². The zero-order valence-electron chi connectivity index (χ0n) is 9.70. The fourth-order valence-corrected chi connectivity index (χ4v) is 1.68. The van der Waals surface area contributed by atoms with Crippen LogP contribution in [0.2, 0.25) is 0 Å². The fourth-order valence-electron chi connectivity index (χ4n) is 1.44. The first kappa shape index (κ1) is 14.9. The summed E-state index contributed by atoms with van der Waals surface area (Å²) in [7, 11) is -2.69. The van der Waals surface area contributed by atoms with Crippen LogP contribution in [0.5, 0.6) is 0 Å². The van der Waals surface area contributed by atoms with Crippen molar-refractivity contribution < 1.29 is 12.6 Å². The average molecular weight is 237 g/mol. The predicted molar refractivity (Wildman–Crippen MR) is 62.4 cm³/mol. The Morgan fingerprint density at radius 1 is 1.33 bits per heavy atom. The van der Waals surface area contributed by atoms with Crippen molar-refractivity contribution >= 4 is 11.0 Å². The molecular formula is C10H23NO3S. The summed E-state index contributed by atoms with van der Waals surface area (Å²) in [5.74, 6) is 0.700. The molecule has 0 bridgehead atoms. The van der Waals surface area contributed by atoms with Gasteiger partial charge in [-0.3, -0.25) is 4.18 Å². The van der Waals surface area contributed by atoms with Gasteiger partial charge in [0.15, 0.2) is 0 Å². The minimum atomic E-state index is -2.69. The number of rotatable bonds is 10. The first-order valence-corrected chi connectivity index (χ1v) is 6.78. The Labute approximate surface area is 94.6 Å². The first-order chi connectivity index (χ1) is 7.20. The van der Waals surface area contributed by atoms with Crippen LogP contribution in [0.15, 0.2) is 0 Å². The molecule has 1 unspecified atom stereocenters. The van der Waals surface area contributed by atoms with Crippen molar-refractivity contribution in [2.75, 3.05) is 19.7 Å². The van der Waals surface area contributed by atoms with Crippen LogP contribution >= 0.6 is 0 Å². The second kappa shape index (κ2) is 10.4. The molecule has 92 valence electrons. The van der Waals surface area contributed by atoms with Gasteiger partial charge in [-0.2, -0.15) is 0 Å². The van der Waals surface area contributed by atoms with Gasteiger partial charge in [-0.25, -0.2) is 8.42 Å². The van der Waals surface area contributed by atoms with Gasteiger partial charge in [0.25, 0.3) is 11.0 Å². The van der Waals surface area contributed by atoms with Gasteiger partial charge >= 0.3 is 0 Å². The van der Waals surface area contributed by atoms with E-state index in [-0.39, 0.29) is 6.61 Å². The smallest absolute Gasteiger partial charge is 0.257 e. The number of unbranched alkanes of at least 4 members (excludes halogenated alkanes) is 1. The van der Waals surface area contributed by atoms with E-state index in [9.17, 15) is 8.42 Å². The second-order valence-corrected chi connectivity index (χ2v) is 4.38. The van der Waals surface area contributed by atoms with E-state index in [4.69, 9.17) is 0 Å². The molecule has 0 fully saturated rings. The van der Waals surface area contributed by atoms with Crippen LogP contribution in [-0.2, 0) is 15.2 Å². The molecule has 0 saturated heterocycles. The van der Waals surface area contributed by atoms with Crippen molar-refractivity contribution in [3.63, 3.8) is 0 Å². The lowest BCUT2D eigenvalue weighted by molar-refractivity contribution is 0.319. The highest BCUT2D eigenvalue weighted by Gasteiger charge is 2.04. The minimum absolute atomic E-state index is 0.239. The van der Waals surface area contributed by atoms with Gasteiger partial charge in [0, 0.05) is 6.54 Å². The molecule has 0 aromatic heterocycles. The molecule has 1 atom stereocenters. The monoisotopic (exact) mass is 237 g/mol. The molecule has 0 aromatic rings. The molecule has 15 heavy (non-hydrogen) atoms. The normalized spacial score (nSPS) is 13.3. The van der Waals surface area contributed by atoms with E-state index >= 15 is 0 Å². The molecule has 0 rings (SSSR count). The summed E-state index contributed by atoms with van der Waals surface area (Å²) in [6.07, 6.45) is 4.92. The maximum Gasteiger partial charge on any atom is 0.257 e. The highest BCUT2D eigenvalue weighted by molar-refractivity contribution is 7.67. The van der Waals surface area contributed by atoms with Crippen LogP contribution < -0.4 is 5.32 Å². The highest BCUT2D eigenvalue weighted by atomic mass is 32.2. The van der Waals surface area contributed by atoms with Gasteiger partial charge in [-0.05, 0) is 18.9 Å². The van der Waals surface area contributed by atoms with Crippen LogP contribution in [0, 0.1) is 5.92 Å². The van der Waals surface area contributed by atoms with Crippen molar-refractivity contribution in [1.82, 2.24) is 5.32 Å². The topological polar surface area (TPSA) is 55.4 Å². The molecule has 0 aliphatic heterocycles. The molecule has 5 heteroatoms. The molecule has 0 saturated carbocycles. The van der Waals surface area contributed by atoms with Gasteiger partial charge in [0.2, 0.25) is 0 Å². The Bertz CT molecular complexity index is 199. The Hall–Kier alpha value is -0.130. The van der Waals surface area contributed by atoms with E-state index in [1.165, 1.54) is 25.7 Å². The van der Waals surface area contributed by atoms with E-state index < -0.39 is 11.0 Å². The van der Waals surface area contributed by atoms with Crippen LogP contribution in [0.25, 0.3) is 0 Å². The largest absolute Gasteiger partial charge is 0.314 e. The van der Waals surface area contributed by atoms with E-state index in [0.29, 0.717) is 12.5 Å². The molecule has 0 aliphatic rings. The van der Waals surface area contributed by atoms with Crippen molar-refractivity contribution in [3.8, 4) is 0 Å². The molecule has 1 N–H and O–H groups in total. The summed E-state index contributed by atoms with van der Waals surface area (Å²) in [6, 6.07) is 0. The Morgan fingerprint density at radius 3 is 2.60 bits per heavy atom. The minimum Gasteiger partial charge on any atom is -0.314 e. The van der Waals surface area contributed by atoms with Crippen molar-refractivity contribution in [1.29, 1.82) is 0 Å². The van der Waals surface area contributed by atoms with E-state index in [0.717, 1.165) is 6.54 Å². The van der Waals surface area contributed by atoms with Crippen LogP contribution in [0.1, 0.15) is 39.5 Å². The number of nitrogens with one attached hydrogen (secondary N) is 1. The number of thiol groups is 1. The maximum atomic E-state index is 10.1. The molecular weight excluding hydrogens is 214 g/mol. The number of hydrogen-bond acceptors (Lipinski definition) is 4. The summed E-state index contributed by atoms with van der Waals surface area (Å²) in [4.78, 5) is 0. The molecule has 0 heterocycles. The molecule has 0 amide bonds. The Kier molecular flexibility index (Phi) is 10.3. The average Bonchev–Trinajstić information content (AvgIpc) is 2.21. The Morgan fingerprint density at radius 2 is 2.07 bits per heavy atom. The lowest BCUT2D eigenvalue weighted by atomic mass is 9.99. The third kappa shape index (κ3) is 10.2. The molecule has 0 aromatic carbocycles. The third-order valence-corrected chi connectivity index (χ3v) is 2.85. The zero-order chi connectivity index (χ0) is 11.5. The van der Waals surface area contributed by atoms with Crippen LogP contribution in [0.4, 0.5) is 0 Å². The highest BCUT2D eigenvalue weighted by Crippen LogP contribution is 2.10. The van der Waals surface area contributed by atoms with E-state index in [1.54, 1.807) is 0 Å². The maximum absolute atomic E-state index is 10.1. The SMILES string of the molecule is CCCCC(CC)CNCCO[SH](=O)=O. The zero-order valence-corrected chi connectivity index (χ0v) is 10.6.